The number of hydrogen-bond donors (Lipinski definition) is 2. The summed E-state index contributed by atoms with van der Waals surface area (Å²) in [6.45, 7) is 4.39. The number of halogens is 1. The SMILES string of the molecule is CCc1ccccc1CNC(=NC)NCCS(=O)(=O)N1CCSCC1.I. The first kappa shape index (κ1) is 23.5. The first-order chi connectivity index (χ1) is 12.1. The summed E-state index contributed by atoms with van der Waals surface area (Å²) < 4.78 is 26.3. The Hall–Kier alpha value is -0.520. The summed E-state index contributed by atoms with van der Waals surface area (Å²) in [7, 11) is -1.50. The molecule has 0 atom stereocenters. The lowest BCUT2D eigenvalue weighted by molar-refractivity contribution is 0.443. The second-order valence-corrected chi connectivity index (χ2v) is 9.12. The van der Waals surface area contributed by atoms with Gasteiger partial charge in [0.05, 0.1) is 5.75 Å². The summed E-state index contributed by atoms with van der Waals surface area (Å²) >= 11 is 1.80. The van der Waals surface area contributed by atoms with Crippen LogP contribution in [-0.2, 0) is 23.0 Å². The molecule has 2 rings (SSSR count). The normalized spacial score (nSPS) is 16.0. The molecule has 1 aromatic carbocycles. The summed E-state index contributed by atoms with van der Waals surface area (Å²) in [4.78, 5) is 4.17. The van der Waals surface area contributed by atoms with Crippen molar-refractivity contribution in [1.82, 2.24) is 14.9 Å². The monoisotopic (exact) mass is 512 g/mol. The number of thioether (sulfide) groups is 1. The zero-order chi connectivity index (χ0) is 18.1. The number of aliphatic imine (C=N–C) groups is 1. The summed E-state index contributed by atoms with van der Waals surface area (Å²) in [6.07, 6.45) is 0.982. The molecule has 0 aliphatic carbocycles. The highest BCUT2D eigenvalue weighted by Gasteiger charge is 2.23. The van der Waals surface area contributed by atoms with Crippen LogP contribution < -0.4 is 10.6 Å². The minimum Gasteiger partial charge on any atom is -0.355 e. The van der Waals surface area contributed by atoms with Crippen LogP contribution in [0.25, 0.3) is 0 Å². The fourth-order valence-electron chi connectivity index (χ4n) is 2.73. The fourth-order valence-corrected chi connectivity index (χ4v) is 5.22. The van der Waals surface area contributed by atoms with Crippen molar-refractivity contribution in [3.05, 3.63) is 35.4 Å². The van der Waals surface area contributed by atoms with Crippen molar-refractivity contribution in [2.24, 2.45) is 4.99 Å². The number of hydrogen-bond acceptors (Lipinski definition) is 4. The molecule has 9 heteroatoms. The van der Waals surface area contributed by atoms with Crippen LogP contribution in [0.5, 0.6) is 0 Å². The highest BCUT2D eigenvalue weighted by Crippen LogP contribution is 2.13. The molecule has 1 aliphatic heterocycles. The van der Waals surface area contributed by atoms with E-state index in [1.807, 2.05) is 12.1 Å². The molecule has 0 radical (unpaired) electrons. The Kier molecular flexibility index (Phi) is 10.9. The van der Waals surface area contributed by atoms with Gasteiger partial charge < -0.3 is 10.6 Å². The lowest BCUT2D eigenvalue weighted by Crippen LogP contribution is -2.44. The van der Waals surface area contributed by atoms with Gasteiger partial charge in [0.2, 0.25) is 10.0 Å². The molecule has 0 saturated carbocycles. The Morgan fingerprint density at radius 2 is 1.85 bits per heavy atom. The Morgan fingerprint density at radius 3 is 2.46 bits per heavy atom. The number of aryl methyl sites for hydroxylation is 1. The Morgan fingerprint density at radius 1 is 1.19 bits per heavy atom. The summed E-state index contributed by atoms with van der Waals surface area (Å²) in [5.41, 5.74) is 2.53. The van der Waals surface area contributed by atoms with E-state index in [-0.39, 0.29) is 29.7 Å². The topological polar surface area (TPSA) is 73.8 Å². The molecule has 1 fully saturated rings. The molecular weight excluding hydrogens is 483 g/mol. The van der Waals surface area contributed by atoms with E-state index in [0.717, 1.165) is 17.9 Å². The molecule has 26 heavy (non-hydrogen) atoms. The van der Waals surface area contributed by atoms with Crippen LogP contribution >= 0.6 is 35.7 Å². The van der Waals surface area contributed by atoms with Gasteiger partial charge in [0, 0.05) is 44.7 Å². The lowest BCUT2D eigenvalue weighted by atomic mass is 10.1. The van der Waals surface area contributed by atoms with Gasteiger partial charge in [0.15, 0.2) is 5.96 Å². The highest BCUT2D eigenvalue weighted by atomic mass is 127. The van der Waals surface area contributed by atoms with Gasteiger partial charge in [-0.2, -0.15) is 11.8 Å². The Labute approximate surface area is 178 Å². The van der Waals surface area contributed by atoms with Crippen LogP contribution in [0.1, 0.15) is 18.1 Å². The molecule has 2 N–H and O–H groups in total. The summed E-state index contributed by atoms with van der Waals surface area (Å²) in [6, 6.07) is 8.28. The molecule has 1 heterocycles. The third-order valence-corrected chi connectivity index (χ3v) is 7.00. The zero-order valence-electron chi connectivity index (χ0n) is 15.4. The molecule has 0 amide bonds. The minimum atomic E-state index is -3.19. The van der Waals surface area contributed by atoms with Crippen molar-refractivity contribution in [3.63, 3.8) is 0 Å². The second-order valence-electron chi connectivity index (χ2n) is 5.80. The fraction of sp³-hybridized carbons (Fsp3) is 0.588. The lowest BCUT2D eigenvalue weighted by Gasteiger charge is -2.25. The maximum Gasteiger partial charge on any atom is 0.215 e. The molecule has 0 spiro atoms. The van der Waals surface area contributed by atoms with Crippen LogP contribution in [0.4, 0.5) is 0 Å². The maximum absolute atomic E-state index is 12.3. The van der Waals surface area contributed by atoms with Gasteiger partial charge in [0.1, 0.15) is 0 Å². The van der Waals surface area contributed by atoms with Crippen LogP contribution in [0.2, 0.25) is 0 Å². The van der Waals surface area contributed by atoms with Crippen molar-refractivity contribution in [2.45, 2.75) is 19.9 Å². The van der Waals surface area contributed by atoms with Gasteiger partial charge in [-0.1, -0.05) is 31.2 Å². The second kappa shape index (κ2) is 12.0. The smallest absolute Gasteiger partial charge is 0.215 e. The minimum absolute atomic E-state index is 0. The number of rotatable bonds is 7. The van der Waals surface area contributed by atoms with Gasteiger partial charge in [-0.15, -0.1) is 24.0 Å². The van der Waals surface area contributed by atoms with E-state index in [1.165, 1.54) is 11.1 Å². The van der Waals surface area contributed by atoms with Crippen molar-refractivity contribution >= 4 is 51.7 Å². The summed E-state index contributed by atoms with van der Waals surface area (Å²) in [5.74, 6) is 2.47. The van der Waals surface area contributed by atoms with Gasteiger partial charge in [0.25, 0.3) is 0 Å². The van der Waals surface area contributed by atoms with Crippen LogP contribution in [0, 0.1) is 0 Å². The Balaban J connectivity index is 0.00000338. The first-order valence-corrected chi connectivity index (χ1v) is 11.4. The van der Waals surface area contributed by atoms with Gasteiger partial charge >= 0.3 is 0 Å². The van der Waals surface area contributed by atoms with E-state index in [0.29, 0.717) is 32.1 Å². The molecule has 1 saturated heterocycles. The molecule has 0 aromatic heterocycles. The van der Waals surface area contributed by atoms with E-state index in [4.69, 9.17) is 0 Å². The highest BCUT2D eigenvalue weighted by molar-refractivity contribution is 14.0. The first-order valence-electron chi connectivity index (χ1n) is 8.63. The average molecular weight is 512 g/mol. The summed E-state index contributed by atoms with van der Waals surface area (Å²) in [5, 5.41) is 6.35. The largest absolute Gasteiger partial charge is 0.355 e. The molecule has 1 aromatic rings. The standard InChI is InChI=1S/C17H28N4O2S2.HI/c1-3-15-6-4-5-7-16(15)14-20-17(18-2)19-8-13-25(22,23)21-9-11-24-12-10-21;/h4-7H,3,8-14H2,1-2H3,(H2,18,19,20);1H. The van der Waals surface area contributed by atoms with Crippen molar-refractivity contribution in [2.75, 3.05) is 43.9 Å². The van der Waals surface area contributed by atoms with Crippen LogP contribution in [0.15, 0.2) is 29.3 Å². The quantitative estimate of drug-likeness (QED) is 0.332. The zero-order valence-corrected chi connectivity index (χ0v) is 19.4. The third-order valence-electron chi connectivity index (χ3n) is 4.19. The molecule has 0 bridgehead atoms. The molecule has 148 valence electrons. The molecular formula is C17H29IN4O2S2. The number of guanidine groups is 1. The van der Waals surface area contributed by atoms with Crippen molar-refractivity contribution in [1.29, 1.82) is 0 Å². The number of sulfonamides is 1. The van der Waals surface area contributed by atoms with Gasteiger partial charge in [-0.05, 0) is 17.5 Å². The van der Waals surface area contributed by atoms with Crippen LogP contribution in [-0.4, -0.2) is 62.6 Å². The van der Waals surface area contributed by atoms with E-state index in [9.17, 15) is 8.42 Å². The van der Waals surface area contributed by atoms with E-state index < -0.39 is 10.0 Å². The average Bonchev–Trinajstić information content (AvgIpc) is 2.65. The molecule has 0 unspecified atom stereocenters. The van der Waals surface area contributed by atoms with E-state index in [1.54, 1.807) is 23.1 Å². The number of benzene rings is 1. The Bertz CT molecular complexity index is 677. The predicted molar refractivity (Wildman–Crippen MR) is 122 cm³/mol. The predicted octanol–water partition coefficient (Wildman–Crippen LogP) is 1.91. The molecule has 1 aliphatic rings. The number of nitrogens with one attached hydrogen (secondary N) is 2. The maximum atomic E-state index is 12.3. The van der Waals surface area contributed by atoms with E-state index >= 15 is 0 Å². The number of nitrogens with zero attached hydrogens (tertiary/aromatic N) is 2. The van der Waals surface area contributed by atoms with Gasteiger partial charge in [-0.25, -0.2) is 12.7 Å². The van der Waals surface area contributed by atoms with Crippen molar-refractivity contribution in [3.8, 4) is 0 Å². The van der Waals surface area contributed by atoms with Gasteiger partial charge in [-0.3, -0.25) is 4.99 Å². The van der Waals surface area contributed by atoms with E-state index in [2.05, 4.69) is 34.7 Å². The third kappa shape index (κ3) is 7.24. The molecule has 6 nitrogen and oxygen atoms in total. The van der Waals surface area contributed by atoms with Crippen molar-refractivity contribution < 1.29 is 8.42 Å². The van der Waals surface area contributed by atoms with Crippen LogP contribution in [0.3, 0.4) is 0 Å².